The molecule has 1 unspecified atom stereocenters. The predicted octanol–water partition coefficient (Wildman–Crippen LogP) is 0.584. The molecule has 1 aromatic heterocycles. The molecular formula is C9H11ClN4O. The quantitative estimate of drug-likeness (QED) is 0.801. The van der Waals surface area contributed by atoms with Crippen molar-refractivity contribution in [3.8, 4) is 0 Å². The van der Waals surface area contributed by atoms with Gasteiger partial charge >= 0.3 is 0 Å². The smallest absolute Gasteiger partial charge is 0.240 e. The van der Waals surface area contributed by atoms with Gasteiger partial charge in [-0.15, -0.1) is 10.2 Å². The number of carbonyl (C=O) groups excluding carboxylic acids is 1. The maximum absolute atomic E-state index is 11.2. The van der Waals surface area contributed by atoms with Crippen LogP contribution in [-0.2, 0) is 4.79 Å². The zero-order chi connectivity index (χ0) is 10.8. The summed E-state index contributed by atoms with van der Waals surface area (Å²) in [5, 5.41) is 8.01. The molecule has 1 fully saturated rings. The Morgan fingerprint density at radius 2 is 2.33 bits per heavy atom. The summed E-state index contributed by atoms with van der Waals surface area (Å²) in [5.41, 5.74) is 5.30. The van der Waals surface area contributed by atoms with E-state index >= 15 is 0 Å². The fourth-order valence-electron chi connectivity index (χ4n) is 1.80. The number of hydrogen-bond acceptors (Lipinski definition) is 4. The SMILES string of the molecule is NC(=O)C1CCCN1c1ccc(Cl)nn1. The molecule has 1 atom stereocenters. The third kappa shape index (κ3) is 2.02. The molecule has 6 heteroatoms. The predicted molar refractivity (Wildman–Crippen MR) is 56.6 cm³/mol. The van der Waals surface area contributed by atoms with Gasteiger partial charge in [0, 0.05) is 6.54 Å². The molecule has 1 aromatic rings. The van der Waals surface area contributed by atoms with Crippen LogP contribution in [0.15, 0.2) is 12.1 Å². The van der Waals surface area contributed by atoms with Crippen molar-refractivity contribution in [3.63, 3.8) is 0 Å². The summed E-state index contributed by atoms with van der Waals surface area (Å²) in [6, 6.07) is 3.14. The Morgan fingerprint density at radius 3 is 2.93 bits per heavy atom. The molecule has 1 saturated heterocycles. The maximum Gasteiger partial charge on any atom is 0.240 e. The summed E-state index contributed by atoms with van der Waals surface area (Å²) in [6.07, 6.45) is 1.72. The van der Waals surface area contributed by atoms with Crippen molar-refractivity contribution in [1.29, 1.82) is 0 Å². The molecule has 80 valence electrons. The normalized spacial score (nSPS) is 20.6. The first kappa shape index (κ1) is 10.2. The number of anilines is 1. The van der Waals surface area contributed by atoms with E-state index in [2.05, 4.69) is 10.2 Å². The topological polar surface area (TPSA) is 72.1 Å². The van der Waals surface area contributed by atoms with Crippen molar-refractivity contribution < 1.29 is 4.79 Å². The van der Waals surface area contributed by atoms with E-state index in [4.69, 9.17) is 17.3 Å². The van der Waals surface area contributed by atoms with Gasteiger partial charge in [-0.3, -0.25) is 4.79 Å². The summed E-state index contributed by atoms with van der Waals surface area (Å²) in [6.45, 7) is 0.782. The van der Waals surface area contributed by atoms with E-state index in [0.717, 1.165) is 19.4 Å². The van der Waals surface area contributed by atoms with Gasteiger partial charge in [-0.1, -0.05) is 11.6 Å². The first-order valence-electron chi connectivity index (χ1n) is 4.73. The Balaban J connectivity index is 2.22. The number of rotatable bonds is 2. The number of nitrogens with zero attached hydrogens (tertiary/aromatic N) is 3. The van der Waals surface area contributed by atoms with Crippen LogP contribution in [0.4, 0.5) is 5.82 Å². The third-order valence-corrected chi connectivity index (χ3v) is 2.69. The lowest BCUT2D eigenvalue weighted by molar-refractivity contribution is -0.119. The molecule has 1 aliphatic heterocycles. The summed E-state index contributed by atoms with van der Waals surface area (Å²) in [5.74, 6) is 0.338. The standard InChI is InChI=1S/C9H11ClN4O/c10-7-3-4-8(13-12-7)14-5-1-2-6(14)9(11)15/h3-4,6H,1-2,5H2,(H2,11,15). The van der Waals surface area contributed by atoms with E-state index in [1.54, 1.807) is 12.1 Å². The van der Waals surface area contributed by atoms with Gasteiger partial charge in [0.1, 0.15) is 6.04 Å². The van der Waals surface area contributed by atoms with E-state index in [-0.39, 0.29) is 11.9 Å². The molecule has 2 N–H and O–H groups in total. The number of halogens is 1. The minimum atomic E-state index is -0.316. The van der Waals surface area contributed by atoms with E-state index in [1.807, 2.05) is 4.90 Å². The molecule has 0 spiro atoms. The van der Waals surface area contributed by atoms with E-state index in [1.165, 1.54) is 0 Å². The maximum atomic E-state index is 11.2. The third-order valence-electron chi connectivity index (χ3n) is 2.49. The van der Waals surface area contributed by atoms with Crippen LogP contribution in [-0.4, -0.2) is 28.7 Å². The summed E-state index contributed by atoms with van der Waals surface area (Å²) in [4.78, 5) is 13.0. The summed E-state index contributed by atoms with van der Waals surface area (Å²) in [7, 11) is 0. The van der Waals surface area contributed by atoms with Crippen LogP contribution in [0.1, 0.15) is 12.8 Å². The molecule has 0 aliphatic carbocycles. The van der Waals surface area contributed by atoms with E-state index < -0.39 is 0 Å². The highest BCUT2D eigenvalue weighted by Gasteiger charge is 2.29. The van der Waals surface area contributed by atoms with Crippen molar-refractivity contribution in [2.24, 2.45) is 5.73 Å². The molecular weight excluding hydrogens is 216 g/mol. The van der Waals surface area contributed by atoms with Crippen molar-refractivity contribution in [2.75, 3.05) is 11.4 Å². The van der Waals surface area contributed by atoms with Crippen LogP contribution >= 0.6 is 11.6 Å². The molecule has 5 nitrogen and oxygen atoms in total. The summed E-state index contributed by atoms with van der Waals surface area (Å²) >= 11 is 5.63. The molecule has 1 aliphatic rings. The number of carbonyl (C=O) groups is 1. The minimum Gasteiger partial charge on any atom is -0.368 e. The zero-order valence-electron chi connectivity index (χ0n) is 8.06. The van der Waals surface area contributed by atoms with Gasteiger partial charge in [-0.05, 0) is 25.0 Å². The molecule has 15 heavy (non-hydrogen) atoms. The van der Waals surface area contributed by atoms with Crippen LogP contribution < -0.4 is 10.6 Å². The van der Waals surface area contributed by atoms with Crippen molar-refractivity contribution in [3.05, 3.63) is 17.3 Å². The molecule has 0 bridgehead atoms. The fourth-order valence-corrected chi connectivity index (χ4v) is 1.90. The monoisotopic (exact) mass is 226 g/mol. The van der Waals surface area contributed by atoms with Gasteiger partial charge < -0.3 is 10.6 Å². The largest absolute Gasteiger partial charge is 0.368 e. The van der Waals surface area contributed by atoms with Crippen molar-refractivity contribution in [2.45, 2.75) is 18.9 Å². The van der Waals surface area contributed by atoms with Crippen LogP contribution in [0.2, 0.25) is 5.15 Å². The van der Waals surface area contributed by atoms with Crippen molar-refractivity contribution >= 4 is 23.3 Å². The van der Waals surface area contributed by atoms with E-state index in [0.29, 0.717) is 11.0 Å². The molecule has 2 rings (SSSR count). The highest BCUT2D eigenvalue weighted by Crippen LogP contribution is 2.23. The number of primary amides is 1. The molecule has 0 radical (unpaired) electrons. The Labute approximate surface area is 92.2 Å². The first-order valence-corrected chi connectivity index (χ1v) is 5.11. The van der Waals surface area contributed by atoms with Crippen LogP contribution in [0.5, 0.6) is 0 Å². The number of amides is 1. The molecule has 1 amide bonds. The van der Waals surface area contributed by atoms with E-state index in [9.17, 15) is 4.79 Å². The van der Waals surface area contributed by atoms with Gasteiger partial charge in [0.2, 0.25) is 5.91 Å². The highest BCUT2D eigenvalue weighted by atomic mass is 35.5. The van der Waals surface area contributed by atoms with Crippen molar-refractivity contribution in [1.82, 2.24) is 10.2 Å². The fraction of sp³-hybridized carbons (Fsp3) is 0.444. The zero-order valence-corrected chi connectivity index (χ0v) is 8.81. The van der Waals surface area contributed by atoms with Gasteiger partial charge in [0.05, 0.1) is 0 Å². The number of aromatic nitrogens is 2. The lowest BCUT2D eigenvalue weighted by Crippen LogP contribution is -2.40. The van der Waals surface area contributed by atoms with Gasteiger partial charge in [0.15, 0.2) is 11.0 Å². The Hall–Kier alpha value is -1.36. The number of hydrogen-bond donors (Lipinski definition) is 1. The number of nitrogens with two attached hydrogens (primary N) is 1. The average molecular weight is 227 g/mol. The van der Waals surface area contributed by atoms with Gasteiger partial charge in [0.25, 0.3) is 0 Å². The van der Waals surface area contributed by atoms with Gasteiger partial charge in [-0.25, -0.2) is 0 Å². The first-order chi connectivity index (χ1) is 7.18. The Bertz CT molecular complexity index is 367. The second-order valence-electron chi connectivity index (χ2n) is 3.47. The lowest BCUT2D eigenvalue weighted by Gasteiger charge is -2.22. The molecule has 2 heterocycles. The van der Waals surface area contributed by atoms with Crippen LogP contribution in [0.3, 0.4) is 0 Å². The molecule has 0 saturated carbocycles. The van der Waals surface area contributed by atoms with Gasteiger partial charge in [-0.2, -0.15) is 0 Å². The summed E-state index contributed by atoms with van der Waals surface area (Å²) < 4.78 is 0. The van der Waals surface area contributed by atoms with Crippen LogP contribution in [0, 0.1) is 0 Å². The molecule has 0 aromatic carbocycles. The Morgan fingerprint density at radius 1 is 1.53 bits per heavy atom. The lowest BCUT2D eigenvalue weighted by atomic mass is 10.2. The minimum absolute atomic E-state index is 0.263. The average Bonchev–Trinajstić information content (AvgIpc) is 2.67. The second-order valence-corrected chi connectivity index (χ2v) is 3.86. The second kappa shape index (κ2) is 4.02. The van der Waals surface area contributed by atoms with Crippen LogP contribution in [0.25, 0.3) is 0 Å². The Kier molecular flexibility index (Phi) is 2.73. The highest BCUT2D eigenvalue weighted by molar-refractivity contribution is 6.29.